The van der Waals surface area contributed by atoms with Gasteiger partial charge in [0.05, 0.1) is 11.1 Å². The molecule has 1 aliphatic carbocycles. The van der Waals surface area contributed by atoms with Crippen LogP contribution in [0.25, 0.3) is 0 Å². The van der Waals surface area contributed by atoms with Crippen LogP contribution in [-0.4, -0.2) is 28.7 Å². The Morgan fingerprint density at radius 2 is 1.81 bits per heavy atom. The second-order valence-electron chi connectivity index (χ2n) is 5.54. The van der Waals surface area contributed by atoms with Crippen LogP contribution in [0.1, 0.15) is 52.4 Å². The highest BCUT2D eigenvalue weighted by molar-refractivity contribution is 5.85. The first-order chi connectivity index (χ1) is 7.33. The van der Waals surface area contributed by atoms with E-state index < -0.39 is 11.1 Å². The van der Waals surface area contributed by atoms with Crippen molar-refractivity contribution in [2.24, 2.45) is 5.73 Å². The highest BCUT2D eigenvalue weighted by Gasteiger charge is 2.30. The summed E-state index contributed by atoms with van der Waals surface area (Å²) >= 11 is 0. The number of carbonyl (C=O) groups excluding carboxylic acids is 1. The lowest BCUT2D eigenvalue weighted by Crippen LogP contribution is -2.53. The molecule has 0 aromatic rings. The summed E-state index contributed by atoms with van der Waals surface area (Å²) in [5, 5.41) is 13.1. The largest absolute Gasteiger partial charge is 0.388 e. The Kier molecular flexibility index (Phi) is 4.33. The quantitative estimate of drug-likeness (QED) is 0.629. The van der Waals surface area contributed by atoms with Crippen LogP contribution in [0.15, 0.2) is 0 Å². The summed E-state index contributed by atoms with van der Waals surface area (Å²) in [6.45, 7) is 3.66. The van der Waals surface area contributed by atoms with Gasteiger partial charge in [0.25, 0.3) is 0 Å². The SMILES string of the molecule is CC(C)(N)C(=O)NCC1(O)CCCCCC1. The van der Waals surface area contributed by atoms with E-state index in [0.717, 1.165) is 25.7 Å². The molecule has 4 N–H and O–H groups in total. The molecule has 0 heterocycles. The van der Waals surface area contributed by atoms with E-state index in [1.54, 1.807) is 13.8 Å². The van der Waals surface area contributed by atoms with E-state index in [4.69, 9.17) is 5.73 Å². The molecule has 4 heteroatoms. The lowest BCUT2D eigenvalue weighted by molar-refractivity contribution is -0.126. The first-order valence-corrected chi connectivity index (χ1v) is 6.13. The zero-order valence-corrected chi connectivity index (χ0v) is 10.4. The van der Waals surface area contributed by atoms with Crippen molar-refractivity contribution >= 4 is 5.91 Å². The molecule has 1 fully saturated rings. The van der Waals surface area contributed by atoms with Crippen molar-refractivity contribution in [3.05, 3.63) is 0 Å². The van der Waals surface area contributed by atoms with Gasteiger partial charge in [0.2, 0.25) is 5.91 Å². The van der Waals surface area contributed by atoms with E-state index >= 15 is 0 Å². The van der Waals surface area contributed by atoms with Crippen LogP contribution in [0.2, 0.25) is 0 Å². The van der Waals surface area contributed by atoms with Crippen molar-refractivity contribution in [2.75, 3.05) is 6.54 Å². The Morgan fingerprint density at radius 1 is 1.31 bits per heavy atom. The van der Waals surface area contributed by atoms with E-state index in [1.165, 1.54) is 12.8 Å². The van der Waals surface area contributed by atoms with Gasteiger partial charge in [0.15, 0.2) is 0 Å². The molecule has 0 saturated heterocycles. The van der Waals surface area contributed by atoms with E-state index in [0.29, 0.717) is 6.54 Å². The molecule has 1 saturated carbocycles. The van der Waals surface area contributed by atoms with Crippen LogP contribution < -0.4 is 11.1 Å². The lowest BCUT2D eigenvalue weighted by atomic mass is 9.94. The summed E-state index contributed by atoms with van der Waals surface area (Å²) in [4.78, 5) is 11.6. The fraction of sp³-hybridized carbons (Fsp3) is 0.917. The average Bonchev–Trinajstić information content (AvgIpc) is 2.39. The van der Waals surface area contributed by atoms with E-state index in [9.17, 15) is 9.90 Å². The first kappa shape index (κ1) is 13.5. The topological polar surface area (TPSA) is 75.4 Å². The molecule has 0 unspecified atom stereocenters. The fourth-order valence-electron chi connectivity index (χ4n) is 2.04. The maximum Gasteiger partial charge on any atom is 0.239 e. The molecule has 94 valence electrons. The predicted octanol–water partition coefficient (Wildman–Crippen LogP) is 0.925. The van der Waals surface area contributed by atoms with Crippen LogP contribution >= 0.6 is 0 Å². The normalized spacial score (nSPS) is 21.2. The van der Waals surface area contributed by atoms with Crippen LogP contribution in [0.4, 0.5) is 0 Å². The number of amides is 1. The number of rotatable bonds is 3. The predicted molar refractivity (Wildman–Crippen MR) is 63.9 cm³/mol. The number of aliphatic hydroxyl groups is 1. The molecule has 0 aliphatic heterocycles. The summed E-state index contributed by atoms with van der Waals surface area (Å²) < 4.78 is 0. The standard InChI is InChI=1S/C12H24N2O2/c1-11(2,13)10(15)14-9-12(16)7-5-3-4-6-8-12/h16H,3-9,13H2,1-2H3,(H,14,15). The number of nitrogens with two attached hydrogens (primary N) is 1. The molecule has 0 aromatic heterocycles. The van der Waals surface area contributed by atoms with Gasteiger partial charge >= 0.3 is 0 Å². The third kappa shape index (κ3) is 4.10. The zero-order valence-electron chi connectivity index (χ0n) is 10.4. The third-order valence-corrected chi connectivity index (χ3v) is 3.20. The lowest BCUT2D eigenvalue weighted by Gasteiger charge is -2.28. The molecule has 1 rings (SSSR count). The number of carbonyl (C=O) groups is 1. The molecule has 0 aromatic carbocycles. The zero-order chi connectivity index (χ0) is 12.2. The minimum atomic E-state index is -0.874. The highest BCUT2D eigenvalue weighted by atomic mass is 16.3. The van der Waals surface area contributed by atoms with Gasteiger partial charge in [-0.15, -0.1) is 0 Å². The average molecular weight is 228 g/mol. The number of nitrogens with one attached hydrogen (secondary N) is 1. The highest BCUT2D eigenvalue weighted by Crippen LogP contribution is 2.26. The summed E-state index contributed by atoms with van der Waals surface area (Å²) in [6, 6.07) is 0. The Balaban J connectivity index is 2.43. The molecule has 0 atom stereocenters. The van der Waals surface area contributed by atoms with Crippen LogP contribution in [0.3, 0.4) is 0 Å². The van der Waals surface area contributed by atoms with Gasteiger partial charge in [-0.25, -0.2) is 0 Å². The Morgan fingerprint density at radius 3 is 2.25 bits per heavy atom. The maximum absolute atomic E-state index is 11.6. The Hall–Kier alpha value is -0.610. The summed E-state index contributed by atoms with van der Waals surface area (Å²) in [6.07, 6.45) is 5.99. The van der Waals surface area contributed by atoms with Crippen LogP contribution in [0, 0.1) is 0 Å². The molecule has 1 aliphatic rings. The van der Waals surface area contributed by atoms with Crippen molar-refractivity contribution in [3.8, 4) is 0 Å². The summed E-state index contributed by atoms with van der Waals surface area (Å²) in [7, 11) is 0. The Labute approximate surface area is 97.6 Å². The smallest absolute Gasteiger partial charge is 0.239 e. The van der Waals surface area contributed by atoms with Gasteiger partial charge in [-0.2, -0.15) is 0 Å². The number of hydrogen-bond acceptors (Lipinski definition) is 3. The van der Waals surface area contributed by atoms with E-state index in [2.05, 4.69) is 5.32 Å². The van der Waals surface area contributed by atoms with Crippen molar-refractivity contribution in [3.63, 3.8) is 0 Å². The van der Waals surface area contributed by atoms with Crippen LogP contribution in [0.5, 0.6) is 0 Å². The Bertz CT molecular complexity index is 238. The minimum Gasteiger partial charge on any atom is -0.388 e. The molecular formula is C12H24N2O2. The monoisotopic (exact) mass is 228 g/mol. The van der Waals surface area contributed by atoms with Crippen LogP contribution in [-0.2, 0) is 4.79 Å². The molecular weight excluding hydrogens is 204 g/mol. The second kappa shape index (κ2) is 5.15. The third-order valence-electron chi connectivity index (χ3n) is 3.20. The first-order valence-electron chi connectivity index (χ1n) is 6.13. The molecule has 4 nitrogen and oxygen atoms in total. The maximum atomic E-state index is 11.6. The minimum absolute atomic E-state index is 0.204. The van der Waals surface area contributed by atoms with Crippen molar-refractivity contribution < 1.29 is 9.90 Å². The second-order valence-corrected chi connectivity index (χ2v) is 5.54. The molecule has 16 heavy (non-hydrogen) atoms. The fourth-order valence-corrected chi connectivity index (χ4v) is 2.04. The molecule has 1 amide bonds. The van der Waals surface area contributed by atoms with Crippen molar-refractivity contribution in [1.29, 1.82) is 0 Å². The van der Waals surface area contributed by atoms with Gasteiger partial charge in [0.1, 0.15) is 0 Å². The summed E-state index contributed by atoms with van der Waals surface area (Å²) in [5.41, 5.74) is 4.08. The van der Waals surface area contributed by atoms with E-state index in [-0.39, 0.29) is 5.91 Å². The van der Waals surface area contributed by atoms with Gasteiger partial charge in [-0.3, -0.25) is 4.79 Å². The number of hydrogen-bond donors (Lipinski definition) is 3. The van der Waals surface area contributed by atoms with Gasteiger partial charge in [-0.05, 0) is 26.7 Å². The van der Waals surface area contributed by atoms with Crippen molar-refractivity contribution in [2.45, 2.75) is 63.5 Å². The molecule has 0 radical (unpaired) electrons. The van der Waals surface area contributed by atoms with Gasteiger partial charge in [-0.1, -0.05) is 25.7 Å². The van der Waals surface area contributed by atoms with Crippen molar-refractivity contribution in [1.82, 2.24) is 5.32 Å². The molecule has 0 spiro atoms. The van der Waals surface area contributed by atoms with Gasteiger partial charge in [0, 0.05) is 6.54 Å². The van der Waals surface area contributed by atoms with Gasteiger partial charge < -0.3 is 16.2 Å². The summed E-state index contributed by atoms with van der Waals surface area (Å²) in [5.74, 6) is -0.204. The molecule has 0 bridgehead atoms. The van der Waals surface area contributed by atoms with E-state index in [1.807, 2.05) is 0 Å².